The monoisotopic (exact) mass is 315 g/mol. The molecule has 0 aliphatic heterocycles. The SMILES string of the molecule is C[C@@H](N)CN[C@H](CC(=O)Nc1ccc2ccccc2c1)C(=O)O. The van der Waals surface area contributed by atoms with E-state index in [9.17, 15) is 9.59 Å². The maximum absolute atomic E-state index is 12.1. The Morgan fingerprint density at radius 3 is 2.52 bits per heavy atom. The minimum Gasteiger partial charge on any atom is -0.480 e. The van der Waals surface area contributed by atoms with E-state index in [1.165, 1.54) is 0 Å². The van der Waals surface area contributed by atoms with Crippen LogP contribution < -0.4 is 16.4 Å². The Labute approximate surface area is 134 Å². The van der Waals surface area contributed by atoms with Crippen molar-refractivity contribution in [1.29, 1.82) is 0 Å². The number of nitrogens with two attached hydrogens (primary N) is 1. The number of rotatable bonds is 7. The average Bonchev–Trinajstić information content (AvgIpc) is 2.50. The molecule has 1 amide bonds. The van der Waals surface area contributed by atoms with Crippen LogP contribution in [-0.2, 0) is 9.59 Å². The first-order valence-corrected chi connectivity index (χ1v) is 7.46. The Morgan fingerprint density at radius 1 is 1.17 bits per heavy atom. The van der Waals surface area contributed by atoms with Gasteiger partial charge in [-0.05, 0) is 29.8 Å². The molecule has 2 aromatic carbocycles. The Bertz CT molecular complexity index is 700. The van der Waals surface area contributed by atoms with Crippen molar-refractivity contribution in [2.75, 3.05) is 11.9 Å². The van der Waals surface area contributed by atoms with Crippen LogP contribution in [0.25, 0.3) is 10.8 Å². The third-order valence-corrected chi connectivity index (χ3v) is 3.41. The lowest BCUT2D eigenvalue weighted by molar-refractivity contribution is -0.141. The van der Waals surface area contributed by atoms with E-state index >= 15 is 0 Å². The Hall–Kier alpha value is -2.44. The zero-order valence-corrected chi connectivity index (χ0v) is 13.0. The van der Waals surface area contributed by atoms with Crippen molar-refractivity contribution >= 4 is 28.3 Å². The van der Waals surface area contributed by atoms with Gasteiger partial charge in [0.15, 0.2) is 0 Å². The van der Waals surface area contributed by atoms with Crippen LogP contribution in [0.4, 0.5) is 5.69 Å². The molecule has 2 atom stereocenters. The molecule has 0 saturated heterocycles. The molecule has 0 unspecified atom stereocenters. The topological polar surface area (TPSA) is 104 Å². The van der Waals surface area contributed by atoms with Gasteiger partial charge in [0.2, 0.25) is 5.91 Å². The summed E-state index contributed by atoms with van der Waals surface area (Å²) in [6, 6.07) is 12.2. The minimum absolute atomic E-state index is 0.158. The predicted octanol–water partition coefficient (Wildman–Crippen LogP) is 1.56. The lowest BCUT2D eigenvalue weighted by Crippen LogP contribution is -2.44. The van der Waals surface area contributed by atoms with Crippen molar-refractivity contribution in [3.05, 3.63) is 42.5 Å². The molecule has 0 saturated carbocycles. The summed E-state index contributed by atoms with van der Waals surface area (Å²) in [4.78, 5) is 23.3. The molecule has 0 heterocycles. The second kappa shape index (κ2) is 7.71. The predicted molar refractivity (Wildman–Crippen MR) is 90.3 cm³/mol. The van der Waals surface area contributed by atoms with Crippen LogP contribution in [0.3, 0.4) is 0 Å². The van der Waals surface area contributed by atoms with Crippen molar-refractivity contribution in [2.24, 2.45) is 5.73 Å². The maximum Gasteiger partial charge on any atom is 0.321 e. The van der Waals surface area contributed by atoms with Crippen molar-refractivity contribution < 1.29 is 14.7 Å². The fourth-order valence-corrected chi connectivity index (χ4v) is 2.24. The summed E-state index contributed by atoms with van der Waals surface area (Å²) in [5.74, 6) is -1.43. The summed E-state index contributed by atoms with van der Waals surface area (Å²) in [5.41, 5.74) is 6.24. The number of carbonyl (C=O) groups is 2. The van der Waals surface area contributed by atoms with Gasteiger partial charge in [-0.15, -0.1) is 0 Å². The second-order valence-corrected chi connectivity index (χ2v) is 5.59. The highest BCUT2D eigenvalue weighted by molar-refractivity contribution is 5.96. The molecule has 5 N–H and O–H groups in total. The van der Waals surface area contributed by atoms with Gasteiger partial charge in [0, 0.05) is 18.3 Å². The highest BCUT2D eigenvalue weighted by Crippen LogP contribution is 2.19. The maximum atomic E-state index is 12.1. The molecular weight excluding hydrogens is 294 g/mol. The smallest absolute Gasteiger partial charge is 0.321 e. The van der Waals surface area contributed by atoms with Crippen molar-refractivity contribution in [1.82, 2.24) is 5.32 Å². The van der Waals surface area contributed by atoms with Crippen LogP contribution in [0.2, 0.25) is 0 Å². The second-order valence-electron chi connectivity index (χ2n) is 5.59. The number of carbonyl (C=O) groups excluding carboxylic acids is 1. The van der Waals surface area contributed by atoms with Crippen LogP contribution in [0.1, 0.15) is 13.3 Å². The number of amides is 1. The number of nitrogens with one attached hydrogen (secondary N) is 2. The number of carboxylic acid groups (broad SMARTS) is 1. The van der Waals surface area contributed by atoms with E-state index in [4.69, 9.17) is 10.8 Å². The Kier molecular flexibility index (Phi) is 5.67. The first-order valence-electron chi connectivity index (χ1n) is 7.46. The largest absolute Gasteiger partial charge is 0.480 e. The van der Waals surface area contributed by atoms with E-state index in [-0.39, 0.29) is 18.4 Å². The van der Waals surface area contributed by atoms with Gasteiger partial charge in [-0.2, -0.15) is 0 Å². The fourth-order valence-electron chi connectivity index (χ4n) is 2.24. The molecule has 0 aliphatic carbocycles. The number of aliphatic carboxylic acids is 1. The van der Waals surface area contributed by atoms with Crippen molar-refractivity contribution in [3.63, 3.8) is 0 Å². The molecule has 23 heavy (non-hydrogen) atoms. The number of benzene rings is 2. The average molecular weight is 315 g/mol. The fraction of sp³-hybridized carbons (Fsp3) is 0.294. The molecule has 0 bridgehead atoms. The van der Waals surface area contributed by atoms with E-state index in [1.807, 2.05) is 36.4 Å². The summed E-state index contributed by atoms with van der Waals surface area (Å²) in [5, 5.41) is 16.8. The minimum atomic E-state index is -1.07. The van der Waals surface area contributed by atoms with Gasteiger partial charge in [0.05, 0.1) is 6.42 Å². The van der Waals surface area contributed by atoms with Gasteiger partial charge in [0.1, 0.15) is 6.04 Å². The Balaban J connectivity index is 1.99. The third-order valence-electron chi connectivity index (χ3n) is 3.41. The molecular formula is C17H21N3O3. The molecule has 0 aromatic heterocycles. The molecule has 2 rings (SSSR count). The molecule has 2 aromatic rings. The summed E-state index contributed by atoms with van der Waals surface area (Å²) >= 11 is 0. The van der Waals surface area contributed by atoms with Crippen molar-refractivity contribution in [3.8, 4) is 0 Å². The summed E-state index contributed by atoms with van der Waals surface area (Å²) in [6.45, 7) is 2.10. The standard InChI is InChI=1S/C17H21N3O3/c1-11(18)10-19-15(17(22)23)9-16(21)20-14-7-6-12-4-2-3-5-13(12)8-14/h2-8,11,15,19H,9-10,18H2,1H3,(H,20,21)(H,22,23)/t11-,15-/m1/s1. The zero-order valence-electron chi connectivity index (χ0n) is 13.0. The first-order chi connectivity index (χ1) is 11.0. The van der Waals surface area contributed by atoms with Gasteiger partial charge in [-0.1, -0.05) is 30.3 Å². The number of hydrogen-bond acceptors (Lipinski definition) is 4. The lowest BCUT2D eigenvalue weighted by atomic mass is 10.1. The van der Waals surface area contributed by atoms with Crippen LogP contribution in [0, 0.1) is 0 Å². The van der Waals surface area contributed by atoms with Gasteiger partial charge in [-0.25, -0.2) is 0 Å². The number of carboxylic acids is 1. The highest BCUT2D eigenvalue weighted by atomic mass is 16.4. The summed E-state index contributed by atoms with van der Waals surface area (Å²) < 4.78 is 0. The molecule has 0 spiro atoms. The molecule has 0 fully saturated rings. The van der Waals surface area contributed by atoms with E-state index in [2.05, 4.69) is 10.6 Å². The zero-order chi connectivity index (χ0) is 16.8. The highest BCUT2D eigenvalue weighted by Gasteiger charge is 2.21. The van der Waals surface area contributed by atoms with Crippen molar-refractivity contribution in [2.45, 2.75) is 25.4 Å². The number of hydrogen-bond donors (Lipinski definition) is 4. The normalized spacial score (nSPS) is 13.5. The van der Waals surface area contributed by atoms with E-state index in [1.54, 1.807) is 13.0 Å². The molecule has 0 aliphatic rings. The van der Waals surface area contributed by atoms with Crippen LogP contribution >= 0.6 is 0 Å². The third kappa shape index (κ3) is 5.05. The Morgan fingerprint density at radius 2 is 1.87 bits per heavy atom. The van der Waals surface area contributed by atoms with Gasteiger partial charge in [-0.3, -0.25) is 9.59 Å². The van der Waals surface area contributed by atoms with Crippen LogP contribution in [-0.4, -0.2) is 35.6 Å². The quantitative estimate of drug-likeness (QED) is 0.620. The van der Waals surface area contributed by atoms with Crippen LogP contribution in [0.5, 0.6) is 0 Å². The lowest BCUT2D eigenvalue weighted by Gasteiger charge is -2.16. The van der Waals surface area contributed by atoms with E-state index < -0.39 is 12.0 Å². The summed E-state index contributed by atoms with van der Waals surface area (Å²) in [7, 11) is 0. The molecule has 0 radical (unpaired) electrons. The van der Waals surface area contributed by atoms with E-state index in [0.29, 0.717) is 12.2 Å². The molecule has 122 valence electrons. The molecule has 6 nitrogen and oxygen atoms in total. The van der Waals surface area contributed by atoms with Crippen LogP contribution in [0.15, 0.2) is 42.5 Å². The summed E-state index contributed by atoms with van der Waals surface area (Å²) in [6.07, 6.45) is -0.158. The number of anilines is 1. The van der Waals surface area contributed by atoms with Gasteiger partial charge in [0.25, 0.3) is 0 Å². The van der Waals surface area contributed by atoms with Gasteiger partial charge < -0.3 is 21.5 Å². The first kappa shape index (κ1) is 16.9. The van der Waals surface area contributed by atoms with Gasteiger partial charge >= 0.3 is 5.97 Å². The van der Waals surface area contributed by atoms with E-state index in [0.717, 1.165) is 10.8 Å². The number of fused-ring (bicyclic) bond motifs is 1. The molecule has 6 heteroatoms.